The Hall–Kier alpha value is -2.66. The molecule has 1 saturated heterocycles. The number of nitrogens with zero attached hydrogens (tertiary/aromatic N) is 4. The maximum absolute atomic E-state index is 11.6. The van der Waals surface area contributed by atoms with E-state index in [1.165, 1.54) is 0 Å². The third-order valence-corrected chi connectivity index (χ3v) is 4.87. The number of aliphatic imine (C=N–C) groups is 1. The van der Waals surface area contributed by atoms with Crippen molar-refractivity contribution < 1.29 is 4.79 Å². The van der Waals surface area contributed by atoms with Crippen LogP contribution in [0.5, 0.6) is 0 Å². The normalized spacial score (nSPS) is 20.0. The predicted octanol–water partition coefficient (Wildman–Crippen LogP) is 2.54. The number of allylic oxidation sites excluding steroid dienone is 2. The van der Waals surface area contributed by atoms with Crippen molar-refractivity contribution in [3.05, 3.63) is 46.0 Å². The van der Waals surface area contributed by atoms with Gasteiger partial charge in [-0.2, -0.15) is 5.26 Å². The highest BCUT2D eigenvalue weighted by Crippen LogP contribution is 2.22. The van der Waals surface area contributed by atoms with Crippen LogP contribution >= 0.6 is 15.9 Å². The van der Waals surface area contributed by atoms with Crippen LogP contribution in [0.1, 0.15) is 31.9 Å². The maximum atomic E-state index is 11.6. The number of nitrogens with one attached hydrogen (secondary N) is 2. The number of carbonyl (C=O) groups excluding carboxylic acids is 1. The predicted molar refractivity (Wildman–Crippen MR) is 107 cm³/mol. The summed E-state index contributed by atoms with van der Waals surface area (Å²) in [4.78, 5) is 22.4. The van der Waals surface area contributed by atoms with Crippen molar-refractivity contribution in [2.24, 2.45) is 4.99 Å². The molecule has 0 radical (unpaired) electrons. The molecule has 2 aliphatic heterocycles. The second-order valence-electron chi connectivity index (χ2n) is 6.37. The maximum Gasteiger partial charge on any atom is 0.222 e. The van der Waals surface area contributed by atoms with Crippen molar-refractivity contribution in [3.63, 3.8) is 0 Å². The van der Waals surface area contributed by atoms with Gasteiger partial charge in [0.2, 0.25) is 5.91 Å². The van der Waals surface area contributed by atoms with Crippen LogP contribution < -0.4 is 10.6 Å². The summed E-state index contributed by atoms with van der Waals surface area (Å²) in [5, 5.41) is 16.0. The summed E-state index contributed by atoms with van der Waals surface area (Å²) in [7, 11) is 0. The summed E-state index contributed by atoms with van der Waals surface area (Å²) < 4.78 is 0.675. The molecule has 1 aromatic rings. The lowest BCUT2D eigenvalue weighted by molar-refractivity contribution is -0.127. The van der Waals surface area contributed by atoms with Crippen LogP contribution in [0.2, 0.25) is 0 Å². The highest BCUT2D eigenvalue weighted by molar-refractivity contribution is 9.10. The topological polar surface area (TPSA) is 93.4 Å². The SMILES string of the molecule is CC1=CNC(=NCCCN2CCCC2=O)N/C1=C(/C#N)c1cccc(Br)n1. The zero-order chi connectivity index (χ0) is 19.2. The number of carbonyl (C=O) groups is 1. The fraction of sp³-hybridized carbons (Fsp3) is 0.368. The first-order valence-electron chi connectivity index (χ1n) is 8.88. The Labute approximate surface area is 167 Å². The molecule has 2 N–H and O–H groups in total. The number of nitriles is 1. The molecule has 1 amide bonds. The minimum Gasteiger partial charge on any atom is -0.343 e. The van der Waals surface area contributed by atoms with Crippen LogP contribution in [-0.4, -0.2) is 41.4 Å². The molecule has 1 aromatic heterocycles. The van der Waals surface area contributed by atoms with E-state index in [1.54, 1.807) is 6.07 Å². The van der Waals surface area contributed by atoms with Crippen LogP contribution in [0.3, 0.4) is 0 Å². The van der Waals surface area contributed by atoms with Crippen molar-refractivity contribution in [1.82, 2.24) is 20.5 Å². The first-order valence-corrected chi connectivity index (χ1v) is 9.68. The van der Waals surface area contributed by atoms with E-state index in [2.05, 4.69) is 42.6 Å². The van der Waals surface area contributed by atoms with E-state index < -0.39 is 0 Å². The summed E-state index contributed by atoms with van der Waals surface area (Å²) in [6.07, 6.45) is 4.24. The lowest BCUT2D eigenvalue weighted by Crippen LogP contribution is -2.39. The molecule has 7 nitrogen and oxygen atoms in total. The molecular weight excluding hydrogens is 408 g/mol. The van der Waals surface area contributed by atoms with E-state index in [4.69, 9.17) is 0 Å². The van der Waals surface area contributed by atoms with Gasteiger partial charge in [-0.05, 0) is 53.4 Å². The molecular formula is C19H21BrN6O. The summed E-state index contributed by atoms with van der Waals surface area (Å²) in [6, 6.07) is 7.71. The molecule has 0 spiro atoms. The summed E-state index contributed by atoms with van der Waals surface area (Å²) >= 11 is 3.34. The van der Waals surface area contributed by atoms with E-state index >= 15 is 0 Å². The van der Waals surface area contributed by atoms with Crippen molar-refractivity contribution in [2.45, 2.75) is 26.2 Å². The number of amides is 1. The molecule has 0 bridgehead atoms. The Balaban J connectivity index is 1.70. The van der Waals surface area contributed by atoms with E-state index in [-0.39, 0.29) is 5.91 Å². The summed E-state index contributed by atoms with van der Waals surface area (Å²) in [5.74, 6) is 0.826. The van der Waals surface area contributed by atoms with Crippen molar-refractivity contribution in [2.75, 3.05) is 19.6 Å². The minimum atomic E-state index is 0.237. The van der Waals surface area contributed by atoms with Crippen molar-refractivity contribution in [3.8, 4) is 6.07 Å². The van der Waals surface area contributed by atoms with E-state index in [1.807, 2.05) is 30.2 Å². The molecule has 0 aromatic carbocycles. The summed E-state index contributed by atoms with van der Waals surface area (Å²) in [5.41, 5.74) is 2.64. The highest BCUT2D eigenvalue weighted by Gasteiger charge is 2.20. The van der Waals surface area contributed by atoms with Gasteiger partial charge in [-0.15, -0.1) is 0 Å². The second kappa shape index (κ2) is 8.82. The lowest BCUT2D eigenvalue weighted by atomic mass is 10.1. The smallest absolute Gasteiger partial charge is 0.222 e. The van der Waals surface area contributed by atoms with E-state index in [9.17, 15) is 10.1 Å². The molecule has 0 saturated carbocycles. The van der Waals surface area contributed by atoms with Gasteiger partial charge in [0.25, 0.3) is 0 Å². The number of pyridine rings is 1. The average molecular weight is 429 g/mol. The van der Waals surface area contributed by atoms with Crippen molar-refractivity contribution >= 4 is 33.4 Å². The van der Waals surface area contributed by atoms with Gasteiger partial charge >= 0.3 is 0 Å². The Kier molecular flexibility index (Phi) is 6.24. The standard InChI is InChI=1S/C19H21BrN6O/c1-13-12-23-19(22-8-4-10-26-9-3-7-17(26)27)25-18(13)14(11-21)15-5-2-6-16(20)24-15/h2,5-6,12H,3-4,7-10H2,1H3,(H2,22,23,25)/b18-14-. The Morgan fingerprint density at radius 1 is 1.48 bits per heavy atom. The lowest BCUT2D eigenvalue weighted by Gasteiger charge is -2.21. The molecule has 3 rings (SSSR count). The van der Waals surface area contributed by atoms with Crippen molar-refractivity contribution in [1.29, 1.82) is 5.26 Å². The highest BCUT2D eigenvalue weighted by atomic mass is 79.9. The van der Waals surface area contributed by atoms with Gasteiger partial charge in [0.15, 0.2) is 5.96 Å². The Morgan fingerprint density at radius 2 is 2.33 bits per heavy atom. The molecule has 1 fully saturated rings. The molecule has 27 heavy (non-hydrogen) atoms. The number of likely N-dealkylation sites (tertiary alicyclic amines) is 1. The molecule has 0 aliphatic carbocycles. The number of hydrogen-bond donors (Lipinski definition) is 2. The fourth-order valence-electron chi connectivity index (χ4n) is 3.03. The third-order valence-electron chi connectivity index (χ3n) is 4.42. The van der Waals surface area contributed by atoms with Crippen LogP contribution in [0.4, 0.5) is 0 Å². The van der Waals surface area contributed by atoms with Gasteiger partial charge in [0.1, 0.15) is 16.2 Å². The fourth-order valence-corrected chi connectivity index (χ4v) is 3.37. The second-order valence-corrected chi connectivity index (χ2v) is 7.18. The number of hydrogen-bond acceptors (Lipinski definition) is 4. The van der Waals surface area contributed by atoms with Gasteiger partial charge < -0.3 is 15.5 Å². The van der Waals surface area contributed by atoms with Gasteiger partial charge in [0, 0.05) is 32.3 Å². The molecule has 2 aliphatic rings. The molecule has 8 heteroatoms. The summed E-state index contributed by atoms with van der Waals surface area (Å²) in [6.45, 7) is 4.10. The first-order chi connectivity index (χ1) is 13.1. The number of aromatic nitrogens is 1. The number of guanidine groups is 1. The van der Waals surface area contributed by atoms with E-state index in [0.717, 1.165) is 31.5 Å². The molecule has 140 valence electrons. The third kappa shape index (κ3) is 4.74. The molecule has 3 heterocycles. The van der Waals surface area contributed by atoms with E-state index in [0.29, 0.717) is 40.5 Å². The van der Waals surface area contributed by atoms with Crippen LogP contribution in [-0.2, 0) is 4.79 Å². The van der Waals surface area contributed by atoms with Crippen LogP contribution in [0.15, 0.2) is 45.3 Å². The monoisotopic (exact) mass is 428 g/mol. The first kappa shape index (κ1) is 19.1. The number of halogens is 1. The number of rotatable bonds is 5. The molecule has 0 atom stereocenters. The Morgan fingerprint density at radius 3 is 3.04 bits per heavy atom. The quantitative estimate of drug-likeness (QED) is 0.426. The van der Waals surface area contributed by atoms with Gasteiger partial charge in [-0.1, -0.05) is 6.07 Å². The van der Waals surface area contributed by atoms with Gasteiger partial charge in [-0.3, -0.25) is 9.79 Å². The zero-order valence-corrected chi connectivity index (χ0v) is 16.7. The van der Waals surface area contributed by atoms with Gasteiger partial charge in [-0.25, -0.2) is 4.98 Å². The molecule has 0 unspecified atom stereocenters. The van der Waals surface area contributed by atoms with Crippen LogP contribution in [0, 0.1) is 11.3 Å². The average Bonchev–Trinajstić information content (AvgIpc) is 3.07. The van der Waals surface area contributed by atoms with Gasteiger partial charge in [0.05, 0.1) is 11.4 Å². The zero-order valence-electron chi connectivity index (χ0n) is 15.1. The minimum absolute atomic E-state index is 0.237. The Bertz CT molecular complexity index is 867. The van der Waals surface area contributed by atoms with Crippen LogP contribution in [0.25, 0.3) is 5.57 Å². The largest absolute Gasteiger partial charge is 0.343 e.